The molecule has 0 unspecified atom stereocenters. The van der Waals surface area contributed by atoms with Gasteiger partial charge < -0.3 is 10.5 Å². The summed E-state index contributed by atoms with van der Waals surface area (Å²) in [6.07, 6.45) is 8.73. The summed E-state index contributed by atoms with van der Waals surface area (Å²) in [4.78, 5) is 30.6. The number of hydrogen-bond donors (Lipinski definition) is 2. The van der Waals surface area contributed by atoms with E-state index in [-0.39, 0.29) is 12.0 Å². The highest BCUT2D eigenvalue weighted by Crippen LogP contribution is 2.38. The van der Waals surface area contributed by atoms with Crippen LogP contribution in [0.3, 0.4) is 0 Å². The predicted octanol–water partition coefficient (Wildman–Crippen LogP) is 4.43. The number of nitrogen functional groups attached to an aromatic ring is 1. The topological polar surface area (TPSA) is 125 Å². The third kappa shape index (κ3) is 4.95. The minimum absolute atomic E-state index is 0.157. The summed E-state index contributed by atoms with van der Waals surface area (Å²) in [5, 5.41) is 7.82. The molecule has 5 rings (SSSR count). The van der Waals surface area contributed by atoms with Gasteiger partial charge in [-0.2, -0.15) is 5.10 Å². The number of nitrogens with two attached hydrogens (primary N) is 1. The number of aromatic nitrogens is 4. The number of hydrogen-bond acceptors (Lipinski definition) is 7. The van der Waals surface area contributed by atoms with E-state index in [1.807, 2.05) is 65.4 Å². The molecule has 1 aliphatic carbocycles. The molecule has 2 heterocycles. The van der Waals surface area contributed by atoms with Crippen LogP contribution in [-0.2, 0) is 9.59 Å². The van der Waals surface area contributed by atoms with E-state index in [0.29, 0.717) is 17.9 Å². The van der Waals surface area contributed by atoms with Crippen LogP contribution in [0.2, 0.25) is 0 Å². The fourth-order valence-electron chi connectivity index (χ4n) is 4.63. The second-order valence-corrected chi connectivity index (χ2v) is 8.74. The van der Waals surface area contributed by atoms with Gasteiger partial charge in [-0.3, -0.25) is 14.9 Å². The van der Waals surface area contributed by atoms with E-state index >= 15 is 0 Å². The Kier molecular flexibility index (Phi) is 6.70. The third-order valence-electron chi connectivity index (χ3n) is 6.43. The molecule has 0 atom stereocenters. The number of imide groups is 1. The quantitative estimate of drug-likeness (QED) is 0.295. The molecule has 9 heteroatoms. The maximum Gasteiger partial charge on any atom is 0.250 e. The summed E-state index contributed by atoms with van der Waals surface area (Å²) in [7, 11) is 0. The van der Waals surface area contributed by atoms with E-state index in [1.165, 1.54) is 12.4 Å². The highest BCUT2D eigenvalue weighted by Gasteiger charge is 2.26. The van der Waals surface area contributed by atoms with Crippen LogP contribution < -0.4 is 15.8 Å². The minimum Gasteiger partial charge on any atom is -0.457 e. The summed E-state index contributed by atoms with van der Waals surface area (Å²) >= 11 is 0. The van der Waals surface area contributed by atoms with Crippen LogP contribution in [0.5, 0.6) is 11.5 Å². The van der Waals surface area contributed by atoms with E-state index in [1.54, 1.807) is 0 Å². The van der Waals surface area contributed by atoms with Crippen molar-refractivity contribution in [2.45, 2.75) is 31.7 Å². The van der Waals surface area contributed by atoms with Crippen molar-refractivity contribution >= 4 is 29.2 Å². The zero-order valence-corrected chi connectivity index (χ0v) is 19.6. The number of fused-ring (bicyclic) bond motifs is 1. The van der Waals surface area contributed by atoms with Crippen molar-refractivity contribution in [1.29, 1.82) is 0 Å². The van der Waals surface area contributed by atoms with Gasteiger partial charge in [0.2, 0.25) is 12.3 Å². The molecule has 2 aromatic carbocycles. The number of rotatable bonds is 7. The molecule has 0 spiro atoms. The zero-order valence-electron chi connectivity index (χ0n) is 19.6. The Morgan fingerprint density at radius 3 is 2.44 bits per heavy atom. The SMILES string of the molecule is Nc1ncnc2c1c(-c1ccc(Oc3ccccc3)cc1)nn2C1CCC(C=CC(=O)NC=O)CC1. The molecule has 4 aromatic rings. The molecule has 36 heavy (non-hydrogen) atoms. The molecule has 0 saturated heterocycles. The van der Waals surface area contributed by atoms with Crippen LogP contribution in [0.1, 0.15) is 31.7 Å². The number of anilines is 1. The monoisotopic (exact) mass is 482 g/mol. The van der Waals surface area contributed by atoms with Gasteiger partial charge in [0.05, 0.1) is 11.4 Å². The summed E-state index contributed by atoms with van der Waals surface area (Å²) in [6.45, 7) is 0. The molecule has 3 N–H and O–H groups in total. The van der Waals surface area contributed by atoms with E-state index in [4.69, 9.17) is 15.6 Å². The molecular weight excluding hydrogens is 456 g/mol. The van der Waals surface area contributed by atoms with E-state index in [9.17, 15) is 9.59 Å². The van der Waals surface area contributed by atoms with Crippen molar-refractivity contribution in [3.8, 4) is 22.8 Å². The van der Waals surface area contributed by atoms with E-state index < -0.39 is 5.91 Å². The highest BCUT2D eigenvalue weighted by molar-refractivity contribution is 5.98. The third-order valence-corrected chi connectivity index (χ3v) is 6.43. The van der Waals surface area contributed by atoms with Gasteiger partial charge in [0.1, 0.15) is 29.3 Å². The largest absolute Gasteiger partial charge is 0.457 e. The smallest absolute Gasteiger partial charge is 0.250 e. The number of amides is 2. The lowest BCUT2D eigenvalue weighted by molar-refractivity contribution is -0.121. The zero-order chi connectivity index (χ0) is 24.9. The molecular formula is C27H26N6O3. The normalized spacial score (nSPS) is 17.8. The molecule has 2 aromatic heterocycles. The fraction of sp³-hybridized carbons (Fsp3) is 0.222. The molecule has 2 amide bonds. The Balaban J connectivity index is 1.37. The maximum absolute atomic E-state index is 11.5. The lowest BCUT2D eigenvalue weighted by Crippen LogP contribution is -2.20. The molecule has 182 valence electrons. The first-order valence-electron chi connectivity index (χ1n) is 11.9. The van der Waals surface area contributed by atoms with Crippen LogP contribution in [0.25, 0.3) is 22.3 Å². The van der Waals surface area contributed by atoms with Gasteiger partial charge in [-0.25, -0.2) is 14.6 Å². The van der Waals surface area contributed by atoms with E-state index in [2.05, 4.69) is 15.3 Å². The molecule has 0 radical (unpaired) electrons. The Morgan fingerprint density at radius 2 is 1.72 bits per heavy atom. The maximum atomic E-state index is 11.5. The Hall–Kier alpha value is -4.53. The summed E-state index contributed by atoms with van der Waals surface area (Å²) in [5.74, 6) is 1.77. The first kappa shape index (κ1) is 23.2. The van der Waals surface area contributed by atoms with Crippen LogP contribution in [0.4, 0.5) is 5.82 Å². The fourth-order valence-corrected chi connectivity index (χ4v) is 4.63. The second kappa shape index (κ2) is 10.4. The average Bonchev–Trinajstić information content (AvgIpc) is 3.30. The van der Waals surface area contributed by atoms with Crippen LogP contribution >= 0.6 is 0 Å². The second-order valence-electron chi connectivity index (χ2n) is 8.74. The van der Waals surface area contributed by atoms with Crippen molar-refractivity contribution in [3.63, 3.8) is 0 Å². The van der Waals surface area contributed by atoms with Gasteiger partial charge in [-0.05, 0) is 74.1 Å². The molecule has 1 fully saturated rings. The van der Waals surface area contributed by atoms with Crippen LogP contribution in [0.15, 0.2) is 73.1 Å². The number of ether oxygens (including phenoxy) is 1. The molecule has 1 saturated carbocycles. The van der Waals surface area contributed by atoms with Crippen molar-refractivity contribution in [3.05, 3.63) is 73.1 Å². The lowest BCUT2D eigenvalue weighted by atomic mass is 9.86. The van der Waals surface area contributed by atoms with Gasteiger partial charge in [-0.15, -0.1) is 0 Å². The van der Waals surface area contributed by atoms with Crippen molar-refractivity contribution in [2.75, 3.05) is 5.73 Å². The average molecular weight is 483 g/mol. The van der Waals surface area contributed by atoms with Gasteiger partial charge in [-0.1, -0.05) is 24.3 Å². The number of nitrogens with zero attached hydrogens (tertiary/aromatic N) is 4. The van der Waals surface area contributed by atoms with Crippen LogP contribution in [-0.4, -0.2) is 32.1 Å². The first-order chi connectivity index (χ1) is 17.6. The van der Waals surface area contributed by atoms with Crippen molar-refractivity contribution in [1.82, 2.24) is 25.1 Å². The number of benzene rings is 2. The van der Waals surface area contributed by atoms with Gasteiger partial charge >= 0.3 is 0 Å². The first-order valence-corrected chi connectivity index (χ1v) is 11.9. The lowest BCUT2D eigenvalue weighted by Gasteiger charge is -2.27. The summed E-state index contributed by atoms with van der Waals surface area (Å²) < 4.78 is 7.88. The molecule has 1 aliphatic rings. The molecule has 9 nitrogen and oxygen atoms in total. The van der Waals surface area contributed by atoms with Gasteiger partial charge in [0.15, 0.2) is 5.65 Å². The number of nitrogens with one attached hydrogen (secondary N) is 1. The number of allylic oxidation sites excluding steroid dienone is 1. The van der Waals surface area contributed by atoms with Crippen LogP contribution in [0, 0.1) is 5.92 Å². The highest BCUT2D eigenvalue weighted by atomic mass is 16.5. The predicted molar refractivity (Wildman–Crippen MR) is 136 cm³/mol. The summed E-state index contributed by atoms with van der Waals surface area (Å²) in [5.41, 5.74) is 8.64. The molecule has 0 aliphatic heterocycles. The standard InChI is InChI=1S/C27H26N6O3/c28-26-24-25(19-9-13-22(14-10-19)36-21-4-2-1-3-5-21)32-33(27(24)30-16-29-26)20-11-6-18(7-12-20)8-15-23(35)31-17-34/h1-5,8-10,13-18,20H,6-7,11-12H2,(H2,28,29,30)(H,31,34,35). The van der Waals surface area contributed by atoms with Gasteiger partial charge in [0.25, 0.3) is 0 Å². The molecule has 0 bridgehead atoms. The summed E-state index contributed by atoms with van der Waals surface area (Å²) in [6, 6.07) is 17.5. The number of carbonyl (C=O) groups is 2. The Morgan fingerprint density at radius 1 is 1.00 bits per heavy atom. The number of carbonyl (C=O) groups excluding carboxylic acids is 2. The Bertz CT molecular complexity index is 1390. The Labute approximate surface area is 208 Å². The number of para-hydroxylation sites is 1. The minimum atomic E-state index is -0.401. The van der Waals surface area contributed by atoms with E-state index in [0.717, 1.165) is 53.8 Å². The van der Waals surface area contributed by atoms with Gasteiger partial charge in [0, 0.05) is 5.56 Å². The van der Waals surface area contributed by atoms with Crippen molar-refractivity contribution < 1.29 is 14.3 Å². The van der Waals surface area contributed by atoms with Crippen molar-refractivity contribution in [2.24, 2.45) is 5.92 Å².